The first-order valence-electron chi connectivity index (χ1n) is 36.3. The number of fused-ring (bicyclic) bond motifs is 6. The van der Waals surface area contributed by atoms with Crippen molar-refractivity contribution in [3.05, 3.63) is 262 Å². The summed E-state index contributed by atoms with van der Waals surface area (Å²) in [5, 5.41) is 257. The smallest absolute Gasteiger partial charge is 0.238 e. The molecule has 0 unspecified atom stereocenters. The lowest BCUT2D eigenvalue weighted by Crippen LogP contribution is -2.03. The van der Waals surface area contributed by atoms with Crippen LogP contribution < -0.4 is 32.6 Å². The second kappa shape index (κ2) is 34.6. The van der Waals surface area contributed by atoms with E-state index in [9.17, 15) is 167 Å². The van der Waals surface area contributed by atoms with Crippen molar-refractivity contribution in [2.45, 2.75) is 0 Å². The third-order valence-corrected chi connectivity index (χ3v) is 18.7. The van der Waals surface area contributed by atoms with Gasteiger partial charge in [0.25, 0.3) is 0 Å². The predicted molar refractivity (Wildman–Crippen MR) is 452 cm³/mol. The van der Waals surface area contributed by atoms with E-state index in [1.165, 1.54) is 115 Å². The van der Waals surface area contributed by atoms with Gasteiger partial charge in [-0.2, -0.15) is 0 Å². The fraction of sp³-hybridized carbons (Fsp3) is 0. The van der Waals surface area contributed by atoms with Gasteiger partial charge in [0, 0.05) is 106 Å². The Kier molecular flexibility index (Phi) is 23.4. The summed E-state index contributed by atoms with van der Waals surface area (Å²) in [7, 11) is 0. The molecule has 0 spiro atoms. The van der Waals surface area contributed by atoms with Crippen molar-refractivity contribution in [3.63, 3.8) is 0 Å². The van der Waals surface area contributed by atoms with Crippen molar-refractivity contribution in [2.75, 3.05) is 0 Å². The summed E-state index contributed by atoms with van der Waals surface area (Å²) in [6, 6.07) is 40.8. The van der Waals surface area contributed by atoms with E-state index in [-0.39, 0.29) is 175 Å². The first-order valence-corrected chi connectivity index (χ1v) is 36.3. The summed E-state index contributed by atoms with van der Waals surface area (Å²) in [6.07, 6.45) is 0. The van der Waals surface area contributed by atoms with Crippen LogP contribution in [0.15, 0.2) is 255 Å². The molecule has 0 fully saturated rings. The molecule has 0 aliphatic heterocycles. The number of aromatic hydroxyl groups is 27. The fourth-order valence-electron chi connectivity index (χ4n) is 12.6. The highest BCUT2D eigenvalue weighted by molar-refractivity contribution is 5.94. The van der Waals surface area contributed by atoms with Gasteiger partial charge < -0.3 is 164 Å². The first kappa shape index (κ1) is 87.3. The topological polar surface area (TPSA) is 727 Å². The van der Waals surface area contributed by atoms with Crippen molar-refractivity contribution < 1.29 is 164 Å². The van der Waals surface area contributed by atoms with Gasteiger partial charge in [0.1, 0.15) is 135 Å². The fourth-order valence-corrected chi connectivity index (χ4v) is 12.6. The van der Waals surface area contributed by atoms with Crippen LogP contribution in [0.5, 0.6) is 155 Å². The zero-order valence-electron chi connectivity index (χ0n) is 64.5. The maximum Gasteiger partial charge on any atom is 0.238 e. The SMILES string of the molecule is O=c1c(O)c(-c2cc(O)c(O)c(O)c2)oc2cc(O)cc(O)c12.O=c1c(O)c(-c2ccc(O)c(O)c2)oc2cc(O)c(O)c(O)c12.O=c1c(O)c(-c2ccc(O)c(O)c2)oc2cc(O)ccc12.O=c1c(O)c(-c2ccc(O)cc2)oc2cc(O)cc(O)c12.O=c1cc(-c2ccc(O)c(O)c2)oc2cc(O)cc(O)c12.O=c1cc(-c2ccc(O)cc2)oc2cc(O)cc(O)c12. The highest BCUT2D eigenvalue weighted by Crippen LogP contribution is 2.47. The largest absolute Gasteiger partial charge is 0.508 e. The van der Waals surface area contributed by atoms with E-state index in [4.69, 9.17) is 26.5 Å². The molecule has 12 aromatic carbocycles. The molecule has 0 atom stereocenters. The highest BCUT2D eigenvalue weighted by Gasteiger charge is 2.27. The van der Waals surface area contributed by atoms with E-state index in [0.717, 1.165) is 72.8 Å². The molecule has 39 heteroatoms. The highest BCUT2D eigenvalue weighted by atomic mass is 16.4. The molecule has 18 aromatic rings. The maximum atomic E-state index is 12.2. The molecule has 0 aliphatic rings. The van der Waals surface area contributed by atoms with Crippen molar-refractivity contribution in [1.29, 1.82) is 0 Å². The molecule has 39 nitrogen and oxygen atoms in total. The quantitative estimate of drug-likeness (QED) is 0.0688. The van der Waals surface area contributed by atoms with Gasteiger partial charge >= 0.3 is 0 Å². The van der Waals surface area contributed by atoms with Gasteiger partial charge in [0.2, 0.25) is 50.5 Å². The average Bonchev–Trinajstić information content (AvgIpc) is 0.757. The van der Waals surface area contributed by atoms with E-state index < -0.39 is 130 Å². The monoisotopic (exact) mass is 1760 g/mol. The van der Waals surface area contributed by atoms with Crippen LogP contribution in [0.3, 0.4) is 0 Å². The second-order valence-corrected chi connectivity index (χ2v) is 27.5. The molecule has 27 N–H and O–H groups in total. The van der Waals surface area contributed by atoms with Crippen molar-refractivity contribution in [3.8, 4) is 223 Å². The Morgan fingerprint density at radius 3 is 0.876 bits per heavy atom. The molecule has 0 saturated carbocycles. The molecule has 129 heavy (non-hydrogen) atoms. The van der Waals surface area contributed by atoms with Crippen molar-refractivity contribution in [1.82, 2.24) is 0 Å². The average molecular weight is 1770 g/mol. The Labute approximate surface area is 711 Å². The second-order valence-electron chi connectivity index (χ2n) is 27.5. The number of hydrogen-bond donors (Lipinski definition) is 27. The van der Waals surface area contributed by atoms with Gasteiger partial charge in [-0.15, -0.1) is 0 Å². The molecule has 0 aliphatic carbocycles. The van der Waals surface area contributed by atoms with Gasteiger partial charge in [0.05, 0.1) is 5.39 Å². The Morgan fingerprint density at radius 2 is 0.457 bits per heavy atom. The Balaban J connectivity index is 0.000000132. The standard InChI is InChI=1S/2C15H10O8.3C15H10O6.C15H10O5/c16-6-3-7(17)11-10(4-6)23-15(14(22)13(11)21)5-1-8(18)12(20)9(19)2-5;16-6-2-1-5(3-7(6)17)15-14(22)13(21)10-9(23-15)4-8(18)11(19)12(10)20;16-8-2-3-9-12(6-8)21-15(14(20)13(9)19)7-1-4-10(17)11(18)5-7;16-8-3-1-7(2-4-8)15-14(20)13(19)12-10(18)5-9(17)6-11(12)21-15;16-8-4-11(19)15-12(20)6-13(21-14(15)5-8)7-1-2-9(17)10(18)3-7;16-9-3-1-8(2-4-9)13-7-12(19)15-11(18)5-10(17)6-14(15)20-13/h2*1-4,16-20,22H;2*1-6,16-18,20H;1-6,16-19H;1-7,16-18H. The number of benzene rings is 12. The summed E-state index contributed by atoms with van der Waals surface area (Å²) in [4.78, 5) is 72.6. The van der Waals surface area contributed by atoms with Crippen LogP contribution in [0.25, 0.3) is 134 Å². The molecular formula is C90H60O39. The molecule has 0 radical (unpaired) electrons. The van der Waals surface area contributed by atoms with E-state index >= 15 is 0 Å². The van der Waals surface area contributed by atoms with Gasteiger partial charge in [-0.1, -0.05) is 0 Å². The number of phenolic OH excluding ortho intramolecular Hbond substituents is 23. The summed E-state index contributed by atoms with van der Waals surface area (Å²) in [6.45, 7) is 0. The normalized spacial score (nSPS) is 10.9. The molecule has 0 saturated heterocycles. The van der Waals surface area contributed by atoms with Crippen molar-refractivity contribution >= 4 is 65.8 Å². The lowest BCUT2D eigenvalue weighted by Gasteiger charge is -2.09. The number of hydrogen-bond acceptors (Lipinski definition) is 39. The van der Waals surface area contributed by atoms with Gasteiger partial charge in [-0.25, -0.2) is 0 Å². The number of phenols is 23. The van der Waals surface area contributed by atoms with Gasteiger partial charge in [-0.3, -0.25) is 28.8 Å². The Bertz CT molecular complexity index is 7960. The minimum Gasteiger partial charge on any atom is -0.508 e. The molecule has 6 heterocycles. The molecule has 654 valence electrons. The lowest BCUT2D eigenvalue weighted by molar-refractivity contribution is 0.368. The zero-order valence-corrected chi connectivity index (χ0v) is 64.5. The first-order chi connectivity index (χ1) is 61.0. The van der Waals surface area contributed by atoms with Gasteiger partial charge in [0.15, 0.2) is 97.1 Å². The number of rotatable bonds is 6. The minimum absolute atomic E-state index is 0.0163. The van der Waals surface area contributed by atoms with Crippen LogP contribution in [0.4, 0.5) is 0 Å². The third kappa shape index (κ3) is 17.6. The van der Waals surface area contributed by atoms with Crippen molar-refractivity contribution in [2.24, 2.45) is 0 Å². The van der Waals surface area contributed by atoms with E-state index in [2.05, 4.69) is 0 Å². The predicted octanol–water partition coefficient (Wildman–Crippen LogP) is 12.8. The Hall–Kier alpha value is -19.5. The zero-order chi connectivity index (χ0) is 93.5. The molecular weight excluding hydrogens is 1700 g/mol. The van der Waals surface area contributed by atoms with Crippen LogP contribution in [0.1, 0.15) is 0 Å². The van der Waals surface area contributed by atoms with Crippen LogP contribution in [0.2, 0.25) is 0 Å². The van der Waals surface area contributed by atoms with E-state index in [1.807, 2.05) is 0 Å². The Morgan fingerprint density at radius 1 is 0.163 bits per heavy atom. The molecule has 0 amide bonds. The minimum atomic E-state index is -1.04. The summed E-state index contributed by atoms with van der Waals surface area (Å²) >= 11 is 0. The van der Waals surface area contributed by atoms with E-state index in [0.29, 0.717) is 16.7 Å². The third-order valence-electron chi connectivity index (χ3n) is 18.7. The van der Waals surface area contributed by atoms with Crippen LogP contribution in [0, 0.1) is 0 Å². The van der Waals surface area contributed by atoms with Gasteiger partial charge in [-0.05, 0) is 127 Å². The summed E-state index contributed by atoms with van der Waals surface area (Å²) < 4.78 is 32.4. The molecule has 6 aromatic heterocycles. The maximum absolute atomic E-state index is 12.2. The van der Waals surface area contributed by atoms with E-state index in [1.54, 1.807) is 12.1 Å². The summed E-state index contributed by atoms with van der Waals surface area (Å²) in [5.74, 6) is -13.5. The lowest BCUT2D eigenvalue weighted by atomic mass is 10.1. The summed E-state index contributed by atoms with van der Waals surface area (Å²) in [5.41, 5.74) is -3.20. The van der Waals surface area contributed by atoms with Crippen LogP contribution >= 0.6 is 0 Å². The molecule has 0 bridgehead atoms. The van der Waals surface area contributed by atoms with Crippen LogP contribution in [-0.4, -0.2) is 138 Å². The molecule has 18 rings (SSSR count). The van der Waals surface area contributed by atoms with Crippen LogP contribution in [-0.2, 0) is 0 Å².